The molecule has 0 saturated heterocycles. The Morgan fingerprint density at radius 1 is 0.673 bits per heavy atom. The molecule has 4 rings (SSSR count). The van der Waals surface area contributed by atoms with Gasteiger partial charge in [0.2, 0.25) is 0 Å². The largest absolute Gasteiger partial charge is 0.416 e. The molecule has 3 aromatic carbocycles. The van der Waals surface area contributed by atoms with Crippen molar-refractivity contribution in [2.75, 3.05) is 23.8 Å². The highest BCUT2D eigenvalue weighted by molar-refractivity contribution is 7.99. The second kappa shape index (κ2) is 17.1. The van der Waals surface area contributed by atoms with Gasteiger partial charge in [-0.15, -0.1) is 23.5 Å². The lowest BCUT2D eigenvalue weighted by molar-refractivity contribution is -0.138. The first-order valence-electron chi connectivity index (χ1n) is 16.1. The molecule has 0 aliphatic carbocycles. The van der Waals surface area contributed by atoms with Crippen LogP contribution in [0.3, 0.4) is 0 Å². The molecule has 0 aliphatic heterocycles. The Balaban J connectivity index is 1.69. The van der Waals surface area contributed by atoms with Crippen LogP contribution in [0.4, 0.5) is 32.0 Å². The predicted octanol–water partition coefficient (Wildman–Crippen LogP) is 8.54. The number of hydrogen-bond donors (Lipinski definition) is 2. The number of halogens is 6. The zero-order valence-electron chi connectivity index (χ0n) is 28.5. The van der Waals surface area contributed by atoms with Crippen LogP contribution in [0, 0.1) is 13.8 Å². The number of carbonyl (C=O) groups excluding carboxylic acids is 3. The van der Waals surface area contributed by atoms with Crippen molar-refractivity contribution in [3.05, 3.63) is 111 Å². The third kappa shape index (κ3) is 10.2. The van der Waals surface area contributed by atoms with E-state index in [1.165, 1.54) is 11.8 Å². The van der Waals surface area contributed by atoms with Gasteiger partial charge in [-0.3, -0.25) is 14.4 Å². The van der Waals surface area contributed by atoms with Gasteiger partial charge in [0.15, 0.2) is 17.3 Å². The highest BCUT2D eigenvalue weighted by atomic mass is 32.2. The molecule has 1 aromatic heterocycles. The second-order valence-corrected chi connectivity index (χ2v) is 14.3. The number of nitrogens with zero attached hydrogens (tertiary/aromatic N) is 2. The zero-order valence-corrected chi connectivity index (χ0v) is 30.1. The molecule has 276 valence electrons. The number of thioether (sulfide) groups is 2. The van der Waals surface area contributed by atoms with E-state index in [4.69, 9.17) is 11.5 Å². The average Bonchev–Trinajstić information content (AvgIpc) is 3.07. The first-order chi connectivity index (χ1) is 24.4. The van der Waals surface area contributed by atoms with Crippen molar-refractivity contribution >= 4 is 46.6 Å². The first kappa shape index (κ1) is 40.6. The maximum Gasteiger partial charge on any atom is 0.416 e. The monoisotopic (exact) mass is 762 g/mol. The molecule has 15 heteroatoms. The molecule has 4 aromatic rings. The molecular weight excluding hydrogens is 727 g/mol. The standard InChI is InChI=1S/C37H36F6N4O3S2/c1-4-8-51-35-25(13-27(17-28(35)45)37(41,42)43)16-33(50)30-18-29(46-19-47-30)32(49)15-24-12-26(36(38,39)40)11-23(34(24)52-9-7-44)14-31(48)22-6-5-20(2)21(3)10-22/h5-6,10-13,17-19H,4,7-9,14-16,44-45H2,1-3H3. The predicted molar refractivity (Wildman–Crippen MR) is 190 cm³/mol. The van der Waals surface area contributed by atoms with Gasteiger partial charge < -0.3 is 11.5 Å². The Morgan fingerprint density at radius 2 is 1.17 bits per heavy atom. The number of hydrogen-bond acceptors (Lipinski definition) is 9. The fourth-order valence-corrected chi connectivity index (χ4v) is 7.20. The molecule has 4 N–H and O–H groups in total. The highest BCUT2D eigenvalue weighted by Crippen LogP contribution is 2.39. The first-order valence-corrected chi connectivity index (χ1v) is 18.1. The summed E-state index contributed by atoms with van der Waals surface area (Å²) in [6.07, 6.45) is -9.36. The van der Waals surface area contributed by atoms with E-state index in [-0.39, 0.29) is 52.5 Å². The number of benzene rings is 3. The summed E-state index contributed by atoms with van der Waals surface area (Å²) < 4.78 is 83.3. The van der Waals surface area contributed by atoms with Crippen molar-refractivity contribution in [1.82, 2.24) is 9.97 Å². The van der Waals surface area contributed by atoms with Gasteiger partial charge in [-0.1, -0.05) is 19.1 Å². The number of alkyl halides is 6. The Morgan fingerprint density at radius 3 is 1.67 bits per heavy atom. The van der Waals surface area contributed by atoms with Crippen LogP contribution in [0.2, 0.25) is 0 Å². The van der Waals surface area contributed by atoms with E-state index in [1.54, 1.807) is 18.2 Å². The van der Waals surface area contributed by atoms with Crippen molar-refractivity contribution in [3.8, 4) is 0 Å². The molecular formula is C37H36F6N4O3S2. The minimum atomic E-state index is -4.80. The van der Waals surface area contributed by atoms with E-state index in [0.29, 0.717) is 27.5 Å². The summed E-state index contributed by atoms with van der Waals surface area (Å²) in [6.45, 7) is 5.73. The lowest BCUT2D eigenvalue weighted by Crippen LogP contribution is -2.16. The average molecular weight is 763 g/mol. The Bertz CT molecular complexity index is 1980. The minimum absolute atomic E-state index is 0.00955. The third-order valence-corrected chi connectivity index (χ3v) is 10.7. The molecule has 0 radical (unpaired) electrons. The molecule has 0 unspecified atom stereocenters. The van der Waals surface area contributed by atoms with Gasteiger partial charge in [0, 0.05) is 52.6 Å². The van der Waals surface area contributed by atoms with E-state index < -0.39 is 53.7 Å². The summed E-state index contributed by atoms with van der Waals surface area (Å²) in [5.74, 6) is -1.07. The smallest absolute Gasteiger partial charge is 0.398 e. The Hall–Kier alpha value is -4.21. The lowest BCUT2D eigenvalue weighted by Gasteiger charge is -2.18. The number of carbonyl (C=O) groups is 3. The van der Waals surface area contributed by atoms with Crippen molar-refractivity contribution in [2.24, 2.45) is 5.73 Å². The van der Waals surface area contributed by atoms with Crippen molar-refractivity contribution < 1.29 is 40.7 Å². The molecule has 0 aliphatic rings. The number of ketones is 3. The zero-order chi connectivity index (χ0) is 38.4. The van der Waals surface area contributed by atoms with Crippen LogP contribution in [0.25, 0.3) is 0 Å². The summed E-state index contributed by atoms with van der Waals surface area (Å²) in [5.41, 5.74) is 11.1. The SMILES string of the molecule is CCCSc1c(N)cc(C(F)(F)F)cc1CC(=O)c1cc(C(=O)Cc2cc(C(F)(F)F)cc(CC(=O)c3ccc(C)c(C)c3)c2SCCN)ncn1. The van der Waals surface area contributed by atoms with Crippen LogP contribution < -0.4 is 11.5 Å². The topological polar surface area (TPSA) is 129 Å². The van der Waals surface area contributed by atoms with Crippen LogP contribution in [-0.2, 0) is 31.6 Å². The lowest BCUT2D eigenvalue weighted by atomic mass is 9.95. The quantitative estimate of drug-likeness (QED) is 0.0530. The van der Waals surface area contributed by atoms with E-state index in [0.717, 1.165) is 59.5 Å². The van der Waals surface area contributed by atoms with E-state index in [9.17, 15) is 40.7 Å². The van der Waals surface area contributed by atoms with Crippen molar-refractivity contribution in [2.45, 2.75) is 68.6 Å². The van der Waals surface area contributed by atoms with Crippen LogP contribution in [-0.4, -0.2) is 45.4 Å². The van der Waals surface area contributed by atoms with Crippen LogP contribution in [0.5, 0.6) is 0 Å². The van der Waals surface area contributed by atoms with Crippen LogP contribution >= 0.6 is 23.5 Å². The molecule has 0 atom stereocenters. The number of Topliss-reactive ketones (excluding diaryl/α,β-unsaturated/α-hetero) is 3. The number of rotatable bonds is 15. The Labute approximate surface area is 305 Å². The Kier molecular flexibility index (Phi) is 13.3. The van der Waals surface area contributed by atoms with Crippen LogP contribution in [0.15, 0.2) is 64.6 Å². The number of anilines is 1. The molecule has 0 spiro atoms. The minimum Gasteiger partial charge on any atom is -0.398 e. The fraction of sp³-hybridized carbons (Fsp3) is 0.324. The van der Waals surface area contributed by atoms with Gasteiger partial charge in [-0.25, -0.2) is 9.97 Å². The summed E-state index contributed by atoms with van der Waals surface area (Å²) >= 11 is 2.33. The molecule has 7 nitrogen and oxygen atoms in total. The number of nitrogens with two attached hydrogens (primary N) is 2. The van der Waals surface area contributed by atoms with Crippen molar-refractivity contribution in [1.29, 1.82) is 0 Å². The summed E-state index contributed by atoms with van der Waals surface area (Å²) in [6, 6.07) is 9.51. The van der Waals surface area contributed by atoms with E-state index >= 15 is 0 Å². The maximum absolute atomic E-state index is 14.2. The molecule has 52 heavy (non-hydrogen) atoms. The summed E-state index contributed by atoms with van der Waals surface area (Å²) in [4.78, 5) is 48.8. The molecule has 0 amide bonds. The number of aromatic nitrogens is 2. The van der Waals surface area contributed by atoms with E-state index in [2.05, 4.69) is 9.97 Å². The molecule has 0 fully saturated rings. The highest BCUT2D eigenvalue weighted by Gasteiger charge is 2.34. The van der Waals surface area contributed by atoms with Gasteiger partial charge >= 0.3 is 12.4 Å². The van der Waals surface area contributed by atoms with Crippen molar-refractivity contribution in [3.63, 3.8) is 0 Å². The number of aryl methyl sites for hydroxylation is 2. The summed E-state index contributed by atoms with van der Waals surface area (Å²) in [5, 5.41) is 0. The van der Waals surface area contributed by atoms with E-state index in [1.807, 2.05) is 20.8 Å². The molecule has 1 heterocycles. The van der Waals surface area contributed by atoms with Gasteiger partial charge in [-0.05, 0) is 90.2 Å². The van der Waals surface area contributed by atoms with Gasteiger partial charge in [-0.2, -0.15) is 26.3 Å². The molecule has 0 bridgehead atoms. The summed E-state index contributed by atoms with van der Waals surface area (Å²) in [7, 11) is 0. The normalized spacial score (nSPS) is 11.9. The molecule has 0 saturated carbocycles. The fourth-order valence-electron chi connectivity index (χ4n) is 5.29. The second-order valence-electron chi connectivity index (χ2n) is 12.0. The third-order valence-electron chi connectivity index (χ3n) is 8.03. The maximum atomic E-state index is 14.2. The van der Waals surface area contributed by atoms with Crippen LogP contribution in [0.1, 0.15) is 83.6 Å². The number of nitrogen functional groups attached to an aromatic ring is 1. The van der Waals surface area contributed by atoms with Gasteiger partial charge in [0.25, 0.3) is 0 Å². The van der Waals surface area contributed by atoms with Gasteiger partial charge in [0.05, 0.1) is 11.1 Å². The van der Waals surface area contributed by atoms with Gasteiger partial charge in [0.1, 0.15) is 17.7 Å².